The van der Waals surface area contributed by atoms with Gasteiger partial charge in [0.1, 0.15) is 17.2 Å². The van der Waals surface area contributed by atoms with Crippen molar-refractivity contribution in [1.82, 2.24) is 20.2 Å². The SMILES string of the molecule is CCNc1ccc(-c2cnccn2)nn1. The first-order valence-electron chi connectivity index (χ1n) is 4.74. The van der Waals surface area contributed by atoms with Crippen LogP contribution < -0.4 is 5.32 Å². The molecule has 0 unspecified atom stereocenters. The van der Waals surface area contributed by atoms with Gasteiger partial charge in [-0.05, 0) is 19.1 Å². The average molecular weight is 201 g/mol. The molecule has 0 saturated heterocycles. The minimum absolute atomic E-state index is 0.727. The van der Waals surface area contributed by atoms with Crippen LogP contribution in [0.3, 0.4) is 0 Å². The first kappa shape index (κ1) is 9.51. The van der Waals surface area contributed by atoms with Gasteiger partial charge in [0.05, 0.1) is 6.20 Å². The summed E-state index contributed by atoms with van der Waals surface area (Å²) in [5, 5.41) is 11.1. The molecule has 0 aliphatic carbocycles. The standard InChI is InChI=1S/C10H11N5/c1-2-12-10-4-3-8(14-15-10)9-7-11-5-6-13-9/h3-7H,2H2,1H3,(H,12,15). The molecular formula is C10H11N5. The third-order valence-electron chi connectivity index (χ3n) is 1.85. The van der Waals surface area contributed by atoms with Gasteiger partial charge in [0.25, 0.3) is 0 Å². The van der Waals surface area contributed by atoms with Gasteiger partial charge in [0.15, 0.2) is 0 Å². The summed E-state index contributed by atoms with van der Waals surface area (Å²) in [6, 6.07) is 3.75. The summed E-state index contributed by atoms with van der Waals surface area (Å²) in [6.45, 7) is 2.84. The molecular weight excluding hydrogens is 190 g/mol. The molecule has 0 amide bonds. The Kier molecular flexibility index (Phi) is 2.82. The van der Waals surface area contributed by atoms with Gasteiger partial charge in [-0.25, -0.2) is 0 Å². The molecule has 2 rings (SSSR count). The Hall–Kier alpha value is -2.04. The minimum Gasteiger partial charge on any atom is -0.369 e. The lowest BCUT2D eigenvalue weighted by Gasteiger charge is -2.01. The smallest absolute Gasteiger partial charge is 0.148 e. The molecule has 2 heterocycles. The Balaban J connectivity index is 2.24. The Labute approximate surface area is 87.6 Å². The predicted molar refractivity (Wildman–Crippen MR) is 57.2 cm³/mol. The second kappa shape index (κ2) is 4.45. The summed E-state index contributed by atoms with van der Waals surface area (Å²) in [7, 11) is 0. The van der Waals surface area contributed by atoms with Gasteiger partial charge < -0.3 is 5.32 Å². The third-order valence-corrected chi connectivity index (χ3v) is 1.85. The molecule has 76 valence electrons. The van der Waals surface area contributed by atoms with Crippen molar-refractivity contribution in [3.63, 3.8) is 0 Å². The highest BCUT2D eigenvalue weighted by Crippen LogP contribution is 2.12. The Morgan fingerprint density at radius 2 is 2.07 bits per heavy atom. The first-order chi connectivity index (χ1) is 7.40. The van der Waals surface area contributed by atoms with Crippen LogP contribution in [0.15, 0.2) is 30.7 Å². The molecule has 5 nitrogen and oxygen atoms in total. The second-order valence-corrected chi connectivity index (χ2v) is 2.92. The predicted octanol–water partition coefficient (Wildman–Crippen LogP) is 1.37. The van der Waals surface area contributed by atoms with E-state index in [2.05, 4.69) is 25.5 Å². The minimum atomic E-state index is 0.727. The Bertz CT molecular complexity index is 412. The lowest BCUT2D eigenvalue weighted by atomic mass is 10.3. The number of aromatic nitrogens is 4. The highest BCUT2D eigenvalue weighted by Gasteiger charge is 2.00. The van der Waals surface area contributed by atoms with Crippen LogP contribution in [-0.2, 0) is 0 Å². The van der Waals surface area contributed by atoms with E-state index in [1.807, 2.05) is 19.1 Å². The highest BCUT2D eigenvalue weighted by atomic mass is 15.2. The monoisotopic (exact) mass is 201 g/mol. The topological polar surface area (TPSA) is 63.6 Å². The summed E-state index contributed by atoms with van der Waals surface area (Å²) in [6.07, 6.45) is 4.93. The first-order valence-corrected chi connectivity index (χ1v) is 4.74. The fourth-order valence-electron chi connectivity index (χ4n) is 1.18. The summed E-state index contributed by atoms with van der Waals surface area (Å²) < 4.78 is 0. The van der Waals surface area contributed by atoms with Gasteiger partial charge >= 0.3 is 0 Å². The molecule has 0 aromatic carbocycles. The molecule has 0 atom stereocenters. The zero-order valence-corrected chi connectivity index (χ0v) is 8.38. The molecule has 0 radical (unpaired) electrons. The van der Waals surface area contributed by atoms with Crippen LogP contribution in [-0.4, -0.2) is 26.7 Å². The molecule has 0 saturated carbocycles. The number of nitrogens with zero attached hydrogens (tertiary/aromatic N) is 4. The number of rotatable bonds is 3. The van der Waals surface area contributed by atoms with Crippen molar-refractivity contribution in [2.75, 3.05) is 11.9 Å². The maximum atomic E-state index is 4.14. The van der Waals surface area contributed by atoms with Crippen molar-refractivity contribution in [3.8, 4) is 11.4 Å². The summed E-state index contributed by atoms with van der Waals surface area (Å²) in [4.78, 5) is 8.11. The summed E-state index contributed by atoms with van der Waals surface area (Å²) in [5.41, 5.74) is 1.46. The van der Waals surface area contributed by atoms with Crippen LogP contribution in [0.2, 0.25) is 0 Å². The maximum Gasteiger partial charge on any atom is 0.148 e. The normalized spacial score (nSPS) is 9.93. The zero-order chi connectivity index (χ0) is 10.5. The van der Waals surface area contributed by atoms with Crippen LogP contribution in [0.25, 0.3) is 11.4 Å². The van der Waals surface area contributed by atoms with E-state index >= 15 is 0 Å². The van der Waals surface area contributed by atoms with E-state index in [9.17, 15) is 0 Å². The van der Waals surface area contributed by atoms with Crippen LogP contribution in [0.4, 0.5) is 5.82 Å². The van der Waals surface area contributed by atoms with Crippen LogP contribution >= 0.6 is 0 Å². The number of anilines is 1. The van der Waals surface area contributed by atoms with Gasteiger partial charge in [0.2, 0.25) is 0 Å². The average Bonchev–Trinajstić information content (AvgIpc) is 2.32. The Morgan fingerprint density at radius 1 is 1.13 bits per heavy atom. The number of nitrogens with one attached hydrogen (secondary N) is 1. The summed E-state index contributed by atoms with van der Waals surface area (Å²) >= 11 is 0. The van der Waals surface area contributed by atoms with Gasteiger partial charge in [-0.15, -0.1) is 10.2 Å². The molecule has 0 fully saturated rings. The van der Waals surface area contributed by atoms with Crippen LogP contribution in [0.1, 0.15) is 6.92 Å². The molecule has 0 bridgehead atoms. The largest absolute Gasteiger partial charge is 0.369 e. The lowest BCUT2D eigenvalue weighted by molar-refractivity contribution is 1.01. The van der Waals surface area contributed by atoms with E-state index in [0.29, 0.717) is 0 Å². The van der Waals surface area contributed by atoms with Crippen molar-refractivity contribution in [3.05, 3.63) is 30.7 Å². The maximum absolute atomic E-state index is 4.14. The van der Waals surface area contributed by atoms with Crippen LogP contribution in [0.5, 0.6) is 0 Å². The van der Waals surface area contributed by atoms with E-state index in [1.54, 1.807) is 18.6 Å². The molecule has 15 heavy (non-hydrogen) atoms. The van der Waals surface area contributed by atoms with Crippen LogP contribution in [0, 0.1) is 0 Å². The fraction of sp³-hybridized carbons (Fsp3) is 0.200. The summed E-state index contributed by atoms with van der Waals surface area (Å²) in [5.74, 6) is 0.769. The van der Waals surface area contributed by atoms with Gasteiger partial charge in [-0.1, -0.05) is 0 Å². The molecule has 0 aliphatic rings. The van der Waals surface area contributed by atoms with Crippen molar-refractivity contribution >= 4 is 5.82 Å². The number of hydrogen-bond acceptors (Lipinski definition) is 5. The van der Waals surface area contributed by atoms with Gasteiger partial charge in [0, 0.05) is 18.9 Å². The van der Waals surface area contributed by atoms with E-state index in [4.69, 9.17) is 0 Å². The quantitative estimate of drug-likeness (QED) is 0.812. The van der Waals surface area contributed by atoms with Crippen molar-refractivity contribution in [1.29, 1.82) is 0 Å². The highest BCUT2D eigenvalue weighted by molar-refractivity contribution is 5.53. The fourth-order valence-corrected chi connectivity index (χ4v) is 1.18. The second-order valence-electron chi connectivity index (χ2n) is 2.92. The van der Waals surface area contributed by atoms with E-state index in [1.165, 1.54) is 0 Å². The van der Waals surface area contributed by atoms with Crippen molar-refractivity contribution in [2.24, 2.45) is 0 Å². The molecule has 5 heteroatoms. The molecule has 0 spiro atoms. The number of hydrogen-bond donors (Lipinski definition) is 1. The van der Waals surface area contributed by atoms with Gasteiger partial charge in [-0.3, -0.25) is 9.97 Å². The van der Waals surface area contributed by atoms with Crippen molar-refractivity contribution in [2.45, 2.75) is 6.92 Å². The van der Waals surface area contributed by atoms with E-state index in [0.717, 1.165) is 23.8 Å². The molecule has 1 N–H and O–H groups in total. The molecule has 2 aromatic rings. The van der Waals surface area contributed by atoms with E-state index < -0.39 is 0 Å². The molecule has 0 aliphatic heterocycles. The van der Waals surface area contributed by atoms with E-state index in [-0.39, 0.29) is 0 Å². The Morgan fingerprint density at radius 3 is 2.67 bits per heavy atom. The lowest BCUT2D eigenvalue weighted by Crippen LogP contribution is -2.00. The third kappa shape index (κ3) is 2.25. The molecule has 2 aromatic heterocycles. The zero-order valence-electron chi connectivity index (χ0n) is 8.38. The van der Waals surface area contributed by atoms with Gasteiger partial charge in [-0.2, -0.15) is 0 Å². The van der Waals surface area contributed by atoms with Crippen molar-refractivity contribution < 1.29 is 0 Å².